The minimum absolute atomic E-state index is 0.125. The van der Waals surface area contributed by atoms with Crippen molar-refractivity contribution < 1.29 is 23.7 Å². The number of amides is 1. The van der Waals surface area contributed by atoms with Crippen LogP contribution in [0.4, 0.5) is 5.69 Å². The van der Waals surface area contributed by atoms with Crippen LogP contribution in [0.3, 0.4) is 0 Å². The van der Waals surface area contributed by atoms with E-state index in [1.165, 1.54) is 0 Å². The topological polar surface area (TPSA) is 103 Å². The summed E-state index contributed by atoms with van der Waals surface area (Å²) in [6.07, 6.45) is 1.72. The number of morpholine rings is 2. The van der Waals surface area contributed by atoms with Gasteiger partial charge in [-0.2, -0.15) is 4.98 Å². The van der Waals surface area contributed by atoms with E-state index in [-0.39, 0.29) is 11.3 Å². The number of nitrogens with zero attached hydrogens (tertiary/aromatic N) is 5. The number of fused-ring (bicyclic) bond motifs is 1. The molecule has 0 saturated carbocycles. The van der Waals surface area contributed by atoms with Gasteiger partial charge in [0.05, 0.1) is 51.3 Å². The summed E-state index contributed by atoms with van der Waals surface area (Å²) in [7, 11) is 3.53. The van der Waals surface area contributed by atoms with Gasteiger partial charge < -0.3 is 28.8 Å². The smallest absolute Gasteiger partial charge is 0.272 e. The molecule has 0 radical (unpaired) electrons. The van der Waals surface area contributed by atoms with Crippen molar-refractivity contribution in [3.8, 4) is 17.4 Å². The molecule has 2 aliphatic rings. The molecule has 2 aromatic heterocycles. The van der Waals surface area contributed by atoms with Gasteiger partial charge >= 0.3 is 0 Å². The molecule has 0 bridgehead atoms. The third-order valence-corrected chi connectivity index (χ3v) is 8.60. The van der Waals surface area contributed by atoms with Crippen LogP contribution in [-0.4, -0.2) is 90.0 Å². The first-order valence-electron chi connectivity index (χ1n) is 15.9. The Balaban J connectivity index is 1.27. The zero-order chi connectivity index (χ0) is 32.3. The number of anilines is 1. The van der Waals surface area contributed by atoms with Gasteiger partial charge in [-0.05, 0) is 29.2 Å². The number of ether oxygens (including phenoxy) is 4. The quantitative estimate of drug-likeness (QED) is 0.275. The number of carbonyl (C=O) groups is 1. The highest BCUT2D eigenvalue weighted by atomic mass is 16.5. The number of hydrogen-bond donors (Lipinski definition) is 1. The van der Waals surface area contributed by atoms with Gasteiger partial charge in [0.15, 0.2) is 5.75 Å². The number of carbonyl (C=O) groups excluding carboxylic acids is 1. The zero-order valence-electron chi connectivity index (χ0n) is 27.5. The van der Waals surface area contributed by atoms with Gasteiger partial charge in [-0.25, -0.2) is 4.98 Å². The van der Waals surface area contributed by atoms with Crippen molar-refractivity contribution in [2.75, 3.05) is 65.0 Å². The Kier molecular flexibility index (Phi) is 9.55. The SMILES string of the molecule is COc1c(CN2CCOCC2)cc(C(C)(C)C)cc1NC(=O)c1cc2cccc(Oc3ccnc(CN4CCOCC4)n3)c2n1C. The zero-order valence-corrected chi connectivity index (χ0v) is 27.5. The van der Waals surface area contributed by atoms with Gasteiger partial charge in [0.25, 0.3) is 5.91 Å². The lowest BCUT2D eigenvalue weighted by atomic mass is 9.85. The Hall–Kier alpha value is -4.03. The van der Waals surface area contributed by atoms with Crippen LogP contribution >= 0.6 is 0 Å². The summed E-state index contributed by atoms with van der Waals surface area (Å²) in [5, 5.41) is 4.07. The number of rotatable bonds is 9. The maximum Gasteiger partial charge on any atom is 0.272 e. The number of aryl methyl sites for hydroxylation is 1. The van der Waals surface area contributed by atoms with E-state index in [9.17, 15) is 4.79 Å². The van der Waals surface area contributed by atoms with Crippen molar-refractivity contribution in [2.45, 2.75) is 39.3 Å². The molecule has 0 spiro atoms. The average molecular weight is 629 g/mol. The maximum atomic E-state index is 13.9. The summed E-state index contributed by atoms with van der Waals surface area (Å²) in [6, 6.07) is 13.6. The molecule has 6 rings (SSSR count). The van der Waals surface area contributed by atoms with Crippen LogP contribution in [0, 0.1) is 0 Å². The highest BCUT2D eigenvalue weighted by Gasteiger charge is 2.24. The molecule has 0 atom stereocenters. The highest BCUT2D eigenvalue weighted by Crippen LogP contribution is 2.37. The van der Waals surface area contributed by atoms with Crippen molar-refractivity contribution in [3.63, 3.8) is 0 Å². The minimum Gasteiger partial charge on any atom is -0.494 e. The van der Waals surface area contributed by atoms with E-state index in [4.69, 9.17) is 18.9 Å². The number of methoxy groups -OCH3 is 1. The van der Waals surface area contributed by atoms with Crippen LogP contribution in [0.2, 0.25) is 0 Å². The van der Waals surface area contributed by atoms with E-state index in [1.807, 2.05) is 41.9 Å². The van der Waals surface area contributed by atoms with Crippen molar-refractivity contribution in [1.82, 2.24) is 24.3 Å². The molecule has 11 nitrogen and oxygen atoms in total. The first-order chi connectivity index (χ1) is 22.2. The van der Waals surface area contributed by atoms with Gasteiger partial charge in [0, 0.05) is 63.0 Å². The molecular formula is C35H44N6O5. The summed E-state index contributed by atoms with van der Waals surface area (Å²) in [4.78, 5) is 27.7. The van der Waals surface area contributed by atoms with Crippen LogP contribution in [0.15, 0.2) is 48.7 Å². The molecule has 11 heteroatoms. The Morgan fingerprint density at radius 3 is 2.33 bits per heavy atom. The second kappa shape index (κ2) is 13.8. The van der Waals surface area contributed by atoms with Crippen molar-refractivity contribution >= 4 is 22.5 Å². The van der Waals surface area contributed by atoms with E-state index in [0.29, 0.717) is 74.1 Å². The lowest BCUT2D eigenvalue weighted by Crippen LogP contribution is -2.36. The maximum absolute atomic E-state index is 13.9. The van der Waals surface area contributed by atoms with Crippen LogP contribution in [0.1, 0.15) is 48.2 Å². The lowest BCUT2D eigenvalue weighted by molar-refractivity contribution is 0.0330. The van der Waals surface area contributed by atoms with Crippen LogP contribution in [0.5, 0.6) is 17.4 Å². The number of benzene rings is 2. The second-order valence-electron chi connectivity index (χ2n) is 12.9. The van der Waals surface area contributed by atoms with Crippen LogP contribution in [0.25, 0.3) is 10.9 Å². The summed E-state index contributed by atoms with van der Waals surface area (Å²) >= 11 is 0. The fourth-order valence-electron chi connectivity index (χ4n) is 6.02. The Morgan fingerprint density at radius 2 is 1.65 bits per heavy atom. The summed E-state index contributed by atoms with van der Waals surface area (Å²) in [6.45, 7) is 14.1. The Labute approximate surface area is 270 Å². The fourth-order valence-corrected chi connectivity index (χ4v) is 6.02. The highest BCUT2D eigenvalue weighted by molar-refractivity contribution is 6.07. The van der Waals surface area contributed by atoms with E-state index in [0.717, 1.165) is 48.2 Å². The van der Waals surface area contributed by atoms with Crippen molar-refractivity contribution in [1.29, 1.82) is 0 Å². The number of hydrogen-bond acceptors (Lipinski definition) is 9. The standard InChI is InChI=1S/C35H44N6O5/c1-35(2,3)26-19-25(22-40-11-15-44-16-12-40)33(43-5)27(21-26)37-34(42)28-20-24-7-6-8-29(32(24)39(28)4)46-31-9-10-36-30(38-31)23-41-13-17-45-18-14-41/h6-10,19-21H,11-18,22-23H2,1-5H3,(H,37,42). The molecule has 1 amide bonds. The molecule has 46 heavy (non-hydrogen) atoms. The van der Waals surface area contributed by atoms with Crippen LogP contribution in [-0.2, 0) is 35.0 Å². The summed E-state index contributed by atoms with van der Waals surface area (Å²) < 4.78 is 25.1. The second-order valence-corrected chi connectivity index (χ2v) is 12.9. The van der Waals surface area contributed by atoms with E-state index >= 15 is 0 Å². The normalized spacial score (nSPS) is 16.5. The molecule has 2 fully saturated rings. The number of aromatic nitrogens is 3. The largest absolute Gasteiger partial charge is 0.494 e. The van der Waals surface area contributed by atoms with E-state index in [2.05, 4.69) is 51.9 Å². The van der Waals surface area contributed by atoms with Gasteiger partial charge in [-0.3, -0.25) is 14.6 Å². The van der Waals surface area contributed by atoms with Gasteiger partial charge in [-0.15, -0.1) is 0 Å². The third kappa shape index (κ3) is 7.18. The fraction of sp³-hybridized carbons (Fsp3) is 0.457. The summed E-state index contributed by atoms with van der Waals surface area (Å²) in [5.41, 5.74) is 3.98. The molecule has 4 heterocycles. The van der Waals surface area contributed by atoms with E-state index in [1.54, 1.807) is 19.4 Å². The summed E-state index contributed by atoms with van der Waals surface area (Å²) in [5.74, 6) is 2.19. The monoisotopic (exact) mass is 628 g/mol. The number of para-hydroxylation sites is 1. The van der Waals surface area contributed by atoms with Gasteiger partial charge in [0.1, 0.15) is 17.3 Å². The molecule has 244 valence electrons. The van der Waals surface area contributed by atoms with Gasteiger partial charge in [0.2, 0.25) is 5.88 Å². The molecule has 2 aromatic carbocycles. The first kappa shape index (κ1) is 31.9. The predicted octanol–water partition coefficient (Wildman–Crippen LogP) is 4.98. The van der Waals surface area contributed by atoms with Gasteiger partial charge in [-0.1, -0.05) is 39.0 Å². The molecule has 1 N–H and O–H groups in total. The molecule has 0 aliphatic carbocycles. The lowest BCUT2D eigenvalue weighted by Gasteiger charge is -2.29. The Morgan fingerprint density at radius 1 is 0.957 bits per heavy atom. The molecule has 2 saturated heterocycles. The Bertz CT molecular complexity index is 1690. The molecule has 0 unspecified atom stereocenters. The third-order valence-electron chi connectivity index (χ3n) is 8.60. The van der Waals surface area contributed by atoms with Crippen molar-refractivity contribution in [3.05, 3.63) is 71.3 Å². The minimum atomic E-state index is -0.235. The number of nitrogens with one attached hydrogen (secondary N) is 1. The predicted molar refractivity (Wildman–Crippen MR) is 177 cm³/mol. The van der Waals surface area contributed by atoms with Crippen LogP contribution < -0.4 is 14.8 Å². The molecule has 2 aliphatic heterocycles. The van der Waals surface area contributed by atoms with E-state index < -0.39 is 0 Å². The first-order valence-corrected chi connectivity index (χ1v) is 15.9. The molecular weight excluding hydrogens is 584 g/mol. The average Bonchev–Trinajstić information content (AvgIpc) is 3.39. The molecule has 4 aromatic rings. The van der Waals surface area contributed by atoms with Crippen molar-refractivity contribution in [2.24, 2.45) is 7.05 Å².